The van der Waals surface area contributed by atoms with Gasteiger partial charge in [0.2, 0.25) is 5.91 Å². The number of aliphatic carboxylic acids is 1. The number of hydrogen-bond donors (Lipinski definition) is 2. The first-order valence-corrected chi connectivity index (χ1v) is 6.02. The molecule has 0 radical (unpaired) electrons. The SMILES string of the molecule is CC(=O)NC1C(=O)N2C=C(C)C(C(=O)O)S[C@H]12. The number of carbonyl (C=O) groups excluding carboxylic acids is 2. The standard InChI is InChI=1S/C10H12N2O4S/c1-4-3-12-8(14)6(11-5(2)13)9(12)17-7(4)10(15)16/h3,6-7,9H,1-2H3,(H,11,13)(H,15,16)/t6?,7?,9-/m1/s1. The van der Waals surface area contributed by atoms with E-state index >= 15 is 0 Å². The molecule has 0 aromatic rings. The Balaban J connectivity index is 2.17. The molecule has 2 N–H and O–H groups in total. The number of carbonyl (C=O) groups is 3. The fraction of sp³-hybridized carbons (Fsp3) is 0.500. The highest BCUT2D eigenvalue weighted by molar-refractivity contribution is 8.01. The van der Waals surface area contributed by atoms with Crippen LogP contribution in [-0.4, -0.2) is 44.5 Å². The van der Waals surface area contributed by atoms with Crippen molar-refractivity contribution in [3.05, 3.63) is 11.8 Å². The van der Waals surface area contributed by atoms with Gasteiger partial charge in [-0.1, -0.05) is 0 Å². The van der Waals surface area contributed by atoms with Gasteiger partial charge >= 0.3 is 5.97 Å². The van der Waals surface area contributed by atoms with Gasteiger partial charge in [-0.15, -0.1) is 11.8 Å². The van der Waals surface area contributed by atoms with Gasteiger partial charge in [-0.25, -0.2) is 0 Å². The van der Waals surface area contributed by atoms with Crippen LogP contribution in [0.3, 0.4) is 0 Å². The van der Waals surface area contributed by atoms with Crippen molar-refractivity contribution in [3.63, 3.8) is 0 Å². The van der Waals surface area contributed by atoms with Gasteiger partial charge in [0, 0.05) is 13.1 Å². The zero-order chi connectivity index (χ0) is 12.7. The molecule has 3 atom stereocenters. The number of nitrogens with one attached hydrogen (secondary N) is 1. The highest BCUT2D eigenvalue weighted by Gasteiger charge is 2.51. The normalized spacial score (nSPS) is 31.2. The van der Waals surface area contributed by atoms with E-state index in [1.165, 1.54) is 23.6 Å². The smallest absolute Gasteiger partial charge is 0.320 e. The Bertz CT molecular complexity index is 434. The number of carboxylic acids is 1. The summed E-state index contributed by atoms with van der Waals surface area (Å²) in [5.41, 5.74) is 0.633. The van der Waals surface area contributed by atoms with Gasteiger partial charge in [-0.3, -0.25) is 14.4 Å². The number of carboxylic acid groups (broad SMARTS) is 1. The fourth-order valence-electron chi connectivity index (χ4n) is 1.91. The average Bonchev–Trinajstić information content (AvgIpc) is 2.25. The molecule has 0 aromatic carbocycles. The summed E-state index contributed by atoms with van der Waals surface area (Å²) in [6.07, 6.45) is 1.56. The maximum atomic E-state index is 11.7. The number of β-lactam (4-membered cyclic amide) rings is 1. The van der Waals surface area contributed by atoms with Gasteiger partial charge in [0.05, 0.1) is 0 Å². The fourth-order valence-corrected chi connectivity index (χ4v) is 3.21. The zero-order valence-electron chi connectivity index (χ0n) is 9.34. The lowest BCUT2D eigenvalue weighted by atomic mass is 10.1. The third-order valence-electron chi connectivity index (χ3n) is 2.69. The van der Waals surface area contributed by atoms with E-state index in [2.05, 4.69) is 5.32 Å². The molecule has 2 aliphatic heterocycles. The molecule has 0 spiro atoms. The van der Waals surface area contributed by atoms with Crippen molar-refractivity contribution in [1.82, 2.24) is 10.2 Å². The van der Waals surface area contributed by atoms with Gasteiger partial charge in [0.15, 0.2) is 0 Å². The lowest BCUT2D eigenvalue weighted by Gasteiger charge is -2.48. The van der Waals surface area contributed by atoms with Crippen molar-refractivity contribution >= 4 is 29.5 Å². The third kappa shape index (κ3) is 1.90. The summed E-state index contributed by atoms with van der Waals surface area (Å²) in [5.74, 6) is -1.41. The van der Waals surface area contributed by atoms with Crippen LogP contribution in [0.15, 0.2) is 11.8 Å². The van der Waals surface area contributed by atoms with Crippen molar-refractivity contribution in [2.75, 3.05) is 0 Å². The van der Waals surface area contributed by atoms with Crippen molar-refractivity contribution in [2.24, 2.45) is 0 Å². The summed E-state index contributed by atoms with van der Waals surface area (Å²) in [5, 5.41) is 10.6. The van der Waals surface area contributed by atoms with Gasteiger partial charge < -0.3 is 15.3 Å². The largest absolute Gasteiger partial charge is 0.480 e. The number of thioether (sulfide) groups is 1. The van der Waals surface area contributed by atoms with Crippen molar-refractivity contribution in [1.29, 1.82) is 0 Å². The van der Waals surface area contributed by atoms with Gasteiger partial charge in [-0.2, -0.15) is 0 Å². The van der Waals surface area contributed by atoms with Gasteiger partial charge in [0.1, 0.15) is 16.7 Å². The number of rotatable bonds is 2. The molecule has 6 nitrogen and oxygen atoms in total. The second kappa shape index (κ2) is 4.06. The molecular weight excluding hydrogens is 244 g/mol. The van der Waals surface area contributed by atoms with E-state index in [-0.39, 0.29) is 17.2 Å². The molecule has 2 rings (SSSR count). The molecule has 2 heterocycles. The van der Waals surface area contributed by atoms with Crippen LogP contribution in [0, 0.1) is 0 Å². The Morgan fingerprint density at radius 1 is 1.53 bits per heavy atom. The highest BCUT2D eigenvalue weighted by Crippen LogP contribution is 2.40. The highest BCUT2D eigenvalue weighted by atomic mass is 32.2. The first kappa shape index (κ1) is 12.0. The minimum absolute atomic E-state index is 0.194. The van der Waals surface area contributed by atoms with Crippen LogP contribution < -0.4 is 5.32 Å². The molecular formula is C10H12N2O4S. The van der Waals surface area contributed by atoms with Crippen molar-refractivity contribution < 1.29 is 19.5 Å². The van der Waals surface area contributed by atoms with E-state index in [0.717, 1.165) is 0 Å². The predicted octanol–water partition coefficient (Wildman–Crippen LogP) is -0.237. The quantitative estimate of drug-likeness (QED) is 0.666. The number of nitrogens with zero attached hydrogens (tertiary/aromatic N) is 1. The Morgan fingerprint density at radius 3 is 2.71 bits per heavy atom. The topological polar surface area (TPSA) is 86.7 Å². The summed E-state index contributed by atoms with van der Waals surface area (Å²) in [7, 11) is 0. The molecule has 1 fully saturated rings. The third-order valence-corrected chi connectivity index (χ3v) is 4.32. The molecule has 0 bridgehead atoms. The van der Waals surface area contributed by atoms with Crippen LogP contribution in [0.1, 0.15) is 13.8 Å². The Kier molecular flexibility index (Phi) is 2.86. The zero-order valence-corrected chi connectivity index (χ0v) is 10.2. The molecule has 7 heteroatoms. The van der Waals surface area contributed by atoms with Crippen LogP contribution in [0.2, 0.25) is 0 Å². The summed E-state index contributed by atoms with van der Waals surface area (Å²) < 4.78 is 0. The Morgan fingerprint density at radius 2 is 2.18 bits per heavy atom. The van der Waals surface area contributed by atoms with E-state index < -0.39 is 17.3 Å². The molecule has 17 heavy (non-hydrogen) atoms. The molecule has 2 aliphatic rings. The van der Waals surface area contributed by atoms with E-state index in [9.17, 15) is 14.4 Å². The number of fused-ring (bicyclic) bond motifs is 1. The van der Waals surface area contributed by atoms with E-state index in [0.29, 0.717) is 5.57 Å². The average molecular weight is 256 g/mol. The molecule has 2 amide bonds. The van der Waals surface area contributed by atoms with Crippen molar-refractivity contribution in [2.45, 2.75) is 30.5 Å². The molecule has 2 unspecified atom stereocenters. The minimum atomic E-state index is -0.927. The Labute approximate surface area is 102 Å². The lowest BCUT2D eigenvalue weighted by Crippen LogP contribution is -2.69. The minimum Gasteiger partial charge on any atom is -0.480 e. The van der Waals surface area contributed by atoms with E-state index in [4.69, 9.17) is 5.11 Å². The molecule has 1 saturated heterocycles. The van der Waals surface area contributed by atoms with Crippen LogP contribution in [0.25, 0.3) is 0 Å². The molecule has 92 valence electrons. The van der Waals surface area contributed by atoms with Gasteiger partial charge in [-0.05, 0) is 12.5 Å². The summed E-state index contributed by atoms with van der Waals surface area (Å²) in [6.45, 7) is 3.01. The molecule has 0 saturated carbocycles. The molecule has 0 aliphatic carbocycles. The van der Waals surface area contributed by atoms with Crippen LogP contribution in [0.4, 0.5) is 0 Å². The van der Waals surface area contributed by atoms with E-state index in [1.807, 2.05) is 0 Å². The maximum Gasteiger partial charge on any atom is 0.320 e. The number of amides is 2. The van der Waals surface area contributed by atoms with Crippen molar-refractivity contribution in [3.8, 4) is 0 Å². The lowest BCUT2D eigenvalue weighted by molar-refractivity contribution is -0.145. The second-order valence-electron chi connectivity index (χ2n) is 4.04. The maximum absolute atomic E-state index is 11.7. The van der Waals surface area contributed by atoms with E-state index in [1.54, 1.807) is 13.1 Å². The monoisotopic (exact) mass is 256 g/mol. The Hall–Kier alpha value is -1.50. The second-order valence-corrected chi connectivity index (χ2v) is 5.27. The first-order chi connectivity index (χ1) is 7.91. The summed E-state index contributed by atoms with van der Waals surface area (Å²) >= 11 is 1.17. The van der Waals surface area contributed by atoms with Gasteiger partial charge in [0.25, 0.3) is 5.91 Å². The van der Waals surface area contributed by atoms with Crippen LogP contribution >= 0.6 is 11.8 Å². The summed E-state index contributed by atoms with van der Waals surface area (Å²) in [4.78, 5) is 35.1. The number of hydrogen-bond acceptors (Lipinski definition) is 4. The van der Waals surface area contributed by atoms with Crippen LogP contribution in [-0.2, 0) is 14.4 Å². The van der Waals surface area contributed by atoms with Crippen LogP contribution in [0.5, 0.6) is 0 Å². The molecule has 0 aromatic heterocycles. The first-order valence-electron chi connectivity index (χ1n) is 5.07. The predicted molar refractivity (Wildman–Crippen MR) is 61.0 cm³/mol. The summed E-state index contributed by atoms with van der Waals surface area (Å²) in [6, 6.07) is -0.608.